The third kappa shape index (κ3) is 4.95. The molecule has 0 atom stereocenters. The first kappa shape index (κ1) is 14.2. The normalized spacial score (nSPS) is 9.89. The van der Waals surface area contributed by atoms with Crippen LogP contribution in [0.2, 0.25) is 0 Å². The zero-order valence-corrected chi connectivity index (χ0v) is 10.8. The minimum Gasteiger partial charge on any atom is -0.350 e. The molecule has 1 aromatic rings. The molecule has 5 nitrogen and oxygen atoms in total. The molecule has 98 valence electrons. The van der Waals surface area contributed by atoms with Crippen LogP contribution in [-0.4, -0.2) is 34.8 Å². The molecule has 0 aliphatic carbocycles. The molecular formula is C13H19N3O2. The average Bonchev–Trinajstić information content (AvgIpc) is 2.37. The van der Waals surface area contributed by atoms with E-state index in [0.717, 1.165) is 12.0 Å². The standard InChI is InChI=1S/C13H19N3O2/c1-3-8-16(11(2)17)10-13(18)15-9-12-4-6-14-7-5-12/h4-7H,3,8-10H2,1-2H3,(H,15,18). The number of pyridine rings is 1. The Morgan fingerprint density at radius 3 is 2.56 bits per heavy atom. The van der Waals surface area contributed by atoms with E-state index in [0.29, 0.717) is 13.1 Å². The van der Waals surface area contributed by atoms with Crippen molar-refractivity contribution in [1.82, 2.24) is 15.2 Å². The van der Waals surface area contributed by atoms with E-state index < -0.39 is 0 Å². The summed E-state index contributed by atoms with van der Waals surface area (Å²) in [5.74, 6) is -0.216. The molecule has 0 radical (unpaired) electrons. The molecule has 0 saturated carbocycles. The van der Waals surface area contributed by atoms with Gasteiger partial charge in [-0.3, -0.25) is 14.6 Å². The Morgan fingerprint density at radius 1 is 1.33 bits per heavy atom. The van der Waals surface area contributed by atoms with E-state index in [9.17, 15) is 9.59 Å². The van der Waals surface area contributed by atoms with E-state index in [-0.39, 0.29) is 18.4 Å². The maximum Gasteiger partial charge on any atom is 0.239 e. The molecule has 5 heteroatoms. The van der Waals surface area contributed by atoms with Gasteiger partial charge in [0, 0.05) is 32.4 Å². The average molecular weight is 249 g/mol. The zero-order chi connectivity index (χ0) is 13.4. The van der Waals surface area contributed by atoms with Crippen LogP contribution in [0.25, 0.3) is 0 Å². The molecule has 0 bridgehead atoms. The van der Waals surface area contributed by atoms with Crippen molar-refractivity contribution >= 4 is 11.8 Å². The number of hydrogen-bond acceptors (Lipinski definition) is 3. The van der Waals surface area contributed by atoms with Crippen LogP contribution in [0.5, 0.6) is 0 Å². The van der Waals surface area contributed by atoms with E-state index in [1.165, 1.54) is 6.92 Å². The lowest BCUT2D eigenvalue weighted by atomic mass is 10.2. The molecule has 0 saturated heterocycles. The Labute approximate surface area is 107 Å². The Kier molecular flexibility index (Phi) is 5.84. The summed E-state index contributed by atoms with van der Waals surface area (Å²) in [6, 6.07) is 3.68. The van der Waals surface area contributed by atoms with Crippen molar-refractivity contribution in [1.29, 1.82) is 0 Å². The number of amides is 2. The highest BCUT2D eigenvalue weighted by Crippen LogP contribution is 1.96. The summed E-state index contributed by atoms with van der Waals surface area (Å²) in [7, 11) is 0. The topological polar surface area (TPSA) is 62.3 Å². The number of hydrogen-bond donors (Lipinski definition) is 1. The minimum atomic E-state index is -0.143. The fourth-order valence-corrected chi connectivity index (χ4v) is 1.55. The summed E-state index contributed by atoms with van der Waals surface area (Å²) in [4.78, 5) is 28.4. The van der Waals surface area contributed by atoms with Crippen LogP contribution in [-0.2, 0) is 16.1 Å². The van der Waals surface area contributed by atoms with Crippen molar-refractivity contribution in [3.05, 3.63) is 30.1 Å². The molecule has 0 spiro atoms. The molecule has 0 unspecified atom stereocenters. The van der Waals surface area contributed by atoms with E-state index in [2.05, 4.69) is 10.3 Å². The molecule has 18 heavy (non-hydrogen) atoms. The molecule has 0 aliphatic heterocycles. The predicted octanol–water partition coefficient (Wildman–Crippen LogP) is 0.956. The van der Waals surface area contributed by atoms with Gasteiger partial charge in [-0.25, -0.2) is 0 Å². The van der Waals surface area contributed by atoms with E-state index in [1.807, 2.05) is 19.1 Å². The molecule has 1 heterocycles. The van der Waals surface area contributed by atoms with Gasteiger partial charge < -0.3 is 10.2 Å². The molecule has 1 rings (SSSR count). The second-order valence-electron chi connectivity index (χ2n) is 4.07. The number of carbonyl (C=O) groups excluding carboxylic acids is 2. The zero-order valence-electron chi connectivity index (χ0n) is 10.8. The Morgan fingerprint density at radius 2 is 2.00 bits per heavy atom. The largest absolute Gasteiger partial charge is 0.350 e. The van der Waals surface area contributed by atoms with Crippen LogP contribution >= 0.6 is 0 Å². The van der Waals surface area contributed by atoms with Gasteiger partial charge in [0.15, 0.2) is 0 Å². The first-order valence-electron chi connectivity index (χ1n) is 6.04. The lowest BCUT2D eigenvalue weighted by Gasteiger charge is -2.19. The third-order valence-electron chi connectivity index (χ3n) is 2.51. The van der Waals surface area contributed by atoms with Crippen molar-refractivity contribution in [2.45, 2.75) is 26.8 Å². The van der Waals surface area contributed by atoms with Gasteiger partial charge in [-0.05, 0) is 24.1 Å². The van der Waals surface area contributed by atoms with Crippen LogP contribution in [0.3, 0.4) is 0 Å². The fraction of sp³-hybridized carbons (Fsp3) is 0.462. The molecule has 0 fully saturated rings. The van der Waals surface area contributed by atoms with Crippen LogP contribution < -0.4 is 5.32 Å². The molecular weight excluding hydrogens is 230 g/mol. The van der Waals surface area contributed by atoms with Gasteiger partial charge in [0.1, 0.15) is 0 Å². The van der Waals surface area contributed by atoms with Crippen LogP contribution in [0, 0.1) is 0 Å². The van der Waals surface area contributed by atoms with Crippen molar-refractivity contribution in [2.24, 2.45) is 0 Å². The fourth-order valence-electron chi connectivity index (χ4n) is 1.55. The molecule has 2 amide bonds. The quantitative estimate of drug-likeness (QED) is 0.816. The van der Waals surface area contributed by atoms with Gasteiger partial charge in [-0.1, -0.05) is 6.92 Å². The van der Waals surface area contributed by atoms with Crippen LogP contribution in [0.4, 0.5) is 0 Å². The number of rotatable bonds is 6. The second kappa shape index (κ2) is 7.42. The van der Waals surface area contributed by atoms with Gasteiger partial charge in [-0.15, -0.1) is 0 Å². The second-order valence-corrected chi connectivity index (χ2v) is 4.07. The lowest BCUT2D eigenvalue weighted by Crippen LogP contribution is -2.39. The van der Waals surface area contributed by atoms with E-state index >= 15 is 0 Å². The minimum absolute atomic E-state index is 0.0732. The van der Waals surface area contributed by atoms with Gasteiger partial charge in [0.25, 0.3) is 0 Å². The van der Waals surface area contributed by atoms with Gasteiger partial charge in [0.05, 0.1) is 6.54 Å². The number of nitrogens with one attached hydrogen (secondary N) is 1. The Balaban J connectivity index is 2.39. The Bertz CT molecular complexity index is 392. The van der Waals surface area contributed by atoms with Gasteiger partial charge in [0.2, 0.25) is 11.8 Å². The van der Waals surface area contributed by atoms with Gasteiger partial charge >= 0.3 is 0 Å². The maximum absolute atomic E-state index is 11.7. The van der Waals surface area contributed by atoms with Crippen molar-refractivity contribution < 1.29 is 9.59 Å². The van der Waals surface area contributed by atoms with Crippen LogP contribution in [0.1, 0.15) is 25.8 Å². The summed E-state index contributed by atoms with van der Waals surface area (Å²) in [5.41, 5.74) is 0.989. The van der Waals surface area contributed by atoms with E-state index in [4.69, 9.17) is 0 Å². The van der Waals surface area contributed by atoms with Crippen molar-refractivity contribution in [3.8, 4) is 0 Å². The first-order chi connectivity index (χ1) is 8.63. The summed E-state index contributed by atoms with van der Waals surface area (Å²) >= 11 is 0. The third-order valence-corrected chi connectivity index (χ3v) is 2.51. The van der Waals surface area contributed by atoms with Crippen molar-refractivity contribution in [2.75, 3.05) is 13.1 Å². The number of aromatic nitrogens is 1. The Hall–Kier alpha value is -1.91. The first-order valence-corrected chi connectivity index (χ1v) is 6.04. The highest BCUT2D eigenvalue weighted by Gasteiger charge is 2.11. The molecule has 0 aromatic carbocycles. The van der Waals surface area contributed by atoms with Crippen LogP contribution in [0.15, 0.2) is 24.5 Å². The highest BCUT2D eigenvalue weighted by atomic mass is 16.2. The summed E-state index contributed by atoms with van der Waals surface area (Å²) < 4.78 is 0. The monoisotopic (exact) mass is 249 g/mol. The predicted molar refractivity (Wildman–Crippen MR) is 68.6 cm³/mol. The number of carbonyl (C=O) groups is 2. The highest BCUT2D eigenvalue weighted by molar-refractivity contribution is 5.83. The summed E-state index contributed by atoms with van der Waals surface area (Å²) in [6.07, 6.45) is 4.21. The van der Waals surface area contributed by atoms with E-state index in [1.54, 1.807) is 17.3 Å². The maximum atomic E-state index is 11.7. The summed E-state index contributed by atoms with van der Waals surface area (Å²) in [6.45, 7) is 4.64. The smallest absolute Gasteiger partial charge is 0.239 e. The van der Waals surface area contributed by atoms with Crippen molar-refractivity contribution in [3.63, 3.8) is 0 Å². The number of nitrogens with zero attached hydrogens (tertiary/aromatic N) is 2. The molecule has 1 aromatic heterocycles. The summed E-state index contributed by atoms with van der Waals surface area (Å²) in [5, 5.41) is 2.78. The SMILES string of the molecule is CCCN(CC(=O)NCc1ccncc1)C(C)=O. The molecule has 0 aliphatic rings. The van der Waals surface area contributed by atoms with Gasteiger partial charge in [-0.2, -0.15) is 0 Å². The molecule has 1 N–H and O–H groups in total. The lowest BCUT2D eigenvalue weighted by molar-refractivity contribution is -0.134.